The lowest BCUT2D eigenvalue weighted by Crippen LogP contribution is -2.43. The molecule has 8 heteroatoms. The molecule has 0 bridgehead atoms. The van der Waals surface area contributed by atoms with Gasteiger partial charge in [0.15, 0.2) is 5.96 Å². The van der Waals surface area contributed by atoms with E-state index in [9.17, 15) is 4.39 Å². The van der Waals surface area contributed by atoms with Crippen LogP contribution >= 0.6 is 11.6 Å². The average molecular weight is 367 g/mol. The second kappa shape index (κ2) is 8.29. The number of guanidine groups is 1. The van der Waals surface area contributed by atoms with Gasteiger partial charge in [-0.1, -0.05) is 31.5 Å². The molecule has 1 aromatic carbocycles. The van der Waals surface area contributed by atoms with Gasteiger partial charge in [-0.05, 0) is 24.6 Å². The molecule has 0 saturated heterocycles. The largest absolute Gasteiger partial charge is 0.357 e. The minimum atomic E-state index is -0.337. The van der Waals surface area contributed by atoms with Crippen LogP contribution in [0.3, 0.4) is 0 Å². The molecule has 136 valence electrons. The molecule has 0 fully saturated rings. The van der Waals surface area contributed by atoms with Crippen molar-refractivity contribution in [1.29, 1.82) is 0 Å². The van der Waals surface area contributed by atoms with Gasteiger partial charge in [0.25, 0.3) is 0 Å². The molecule has 0 amide bonds. The minimum absolute atomic E-state index is 0.300. The highest BCUT2D eigenvalue weighted by molar-refractivity contribution is 6.31. The molecule has 2 rings (SSSR count). The molecule has 0 aliphatic heterocycles. The molecule has 0 saturated carbocycles. The Kier molecular flexibility index (Phi) is 6.36. The van der Waals surface area contributed by atoms with E-state index in [-0.39, 0.29) is 11.2 Å². The van der Waals surface area contributed by atoms with Crippen molar-refractivity contribution in [3.63, 3.8) is 0 Å². The maximum absolute atomic E-state index is 13.3. The molecular formula is C17H24ClFN6. The lowest BCUT2D eigenvalue weighted by Gasteiger charge is -2.27. The van der Waals surface area contributed by atoms with Gasteiger partial charge in [-0.2, -0.15) is 5.10 Å². The Hall–Kier alpha value is -2.15. The highest BCUT2D eigenvalue weighted by Gasteiger charge is 2.24. The Balaban J connectivity index is 2.07. The van der Waals surface area contributed by atoms with Crippen molar-refractivity contribution >= 4 is 17.6 Å². The topological polar surface area (TPSA) is 67.1 Å². The number of nitrogens with one attached hydrogen (secondary N) is 2. The molecule has 0 radical (unpaired) electrons. The first-order valence-electron chi connectivity index (χ1n) is 8.14. The lowest BCUT2D eigenvalue weighted by molar-refractivity contribution is 0.507. The maximum Gasteiger partial charge on any atom is 0.191 e. The van der Waals surface area contributed by atoms with Crippen LogP contribution in [-0.2, 0) is 19.0 Å². The monoisotopic (exact) mass is 366 g/mol. The standard InChI is InChI=1S/C17H24ClFN6/c1-5-20-16(21-9-15-23-11-24-25(15)4)22-10-17(2,3)13-7-6-12(19)8-14(13)18/h6-8,11H,5,9-10H2,1-4H3,(H2,20,21,22). The summed E-state index contributed by atoms with van der Waals surface area (Å²) in [5, 5.41) is 11.0. The molecule has 0 spiro atoms. The van der Waals surface area contributed by atoms with Crippen LogP contribution in [0.5, 0.6) is 0 Å². The first-order chi connectivity index (χ1) is 11.8. The molecule has 0 aliphatic carbocycles. The summed E-state index contributed by atoms with van der Waals surface area (Å²) in [6.07, 6.45) is 1.50. The van der Waals surface area contributed by atoms with Gasteiger partial charge in [-0.15, -0.1) is 0 Å². The summed E-state index contributed by atoms with van der Waals surface area (Å²) in [5.41, 5.74) is 0.582. The molecule has 1 aromatic heterocycles. The van der Waals surface area contributed by atoms with E-state index in [2.05, 4.69) is 25.7 Å². The predicted octanol–water partition coefficient (Wildman–Crippen LogP) is 2.64. The van der Waals surface area contributed by atoms with Crippen molar-refractivity contribution < 1.29 is 4.39 Å². The third-order valence-corrected chi connectivity index (χ3v) is 4.20. The summed E-state index contributed by atoms with van der Waals surface area (Å²) >= 11 is 6.21. The van der Waals surface area contributed by atoms with Crippen LogP contribution < -0.4 is 10.6 Å². The molecule has 6 nitrogen and oxygen atoms in total. The Morgan fingerprint density at radius 3 is 2.72 bits per heavy atom. The van der Waals surface area contributed by atoms with Crippen molar-refractivity contribution in [3.8, 4) is 0 Å². The van der Waals surface area contributed by atoms with Gasteiger partial charge in [-0.25, -0.2) is 14.4 Å². The zero-order valence-electron chi connectivity index (χ0n) is 15.0. The molecule has 0 unspecified atom stereocenters. The van der Waals surface area contributed by atoms with Crippen molar-refractivity contribution in [2.75, 3.05) is 13.1 Å². The highest BCUT2D eigenvalue weighted by atomic mass is 35.5. The van der Waals surface area contributed by atoms with Gasteiger partial charge in [-0.3, -0.25) is 4.68 Å². The summed E-state index contributed by atoms with van der Waals surface area (Å²) in [4.78, 5) is 8.69. The Labute approximate surface area is 152 Å². The van der Waals surface area contributed by atoms with Gasteiger partial charge in [0, 0.05) is 30.6 Å². The summed E-state index contributed by atoms with van der Waals surface area (Å²) in [7, 11) is 1.83. The van der Waals surface area contributed by atoms with Crippen LogP contribution in [0.15, 0.2) is 29.5 Å². The number of rotatable bonds is 6. The molecule has 2 N–H and O–H groups in total. The summed E-state index contributed by atoms with van der Waals surface area (Å²) in [6.45, 7) is 7.84. The van der Waals surface area contributed by atoms with E-state index in [1.54, 1.807) is 10.7 Å². The fourth-order valence-corrected chi connectivity index (χ4v) is 2.82. The van der Waals surface area contributed by atoms with E-state index >= 15 is 0 Å². The fraction of sp³-hybridized carbons (Fsp3) is 0.471. The SMILES string of the molecule is CCNC(=NCc1ncnn1C)NCC(C)(C)c1ccc(F)cc1Cl. The number of hydrogen-bond donors (Lipinski definition) is 2. The third-order valence-electron chi connectivity index (χ3n) is 3.89. The van der Waals surface area contributed by atoms with E-state index in [4.69, 9.17) is 11.6 Å². The number of aliphatic imine (C=N–C) groups is 1. The van der Waals surface area contributed by atoms with Crippen molar-refractivity contribution in [2.45, 2.75) is 32.7 Å². The maximum atomic E-state index is 13.3. The highest BCUT2D eigenvalue weighted by Crippen LogP contribution is 2.29. The molecule has 1 heterocycles. The molecule has 25 heavy (non-hydrogen) atoms. The van der Waals surface area contributed by atoms with Crippen LogP contribution in [0.1, 0.15) is 32.2 Å². The quantitative estimate of drug-likeness (QED) is 0.609. The zero-order chi connectivity index (χ0) is 18.4. The number of aromatic nitrogens is 3. The van der Waals surface area contributed by atoms with E-state index in [1.807, 2.05) is 27.8 Å². The molecular weight excluding hydrogens is 343 g/mol. The number of aryl methyl sites for hydroxylation is 1. The number of nitrogens with zero attached hydrogens (tertiary/aromatic N) is 4. The minimum Gasteiger partial charge on any atom is -0.357 e. The number of benzene rings is 1. The Morgan fingerprint density at radius 2 is 2.12 bits per heavy atom. The van der Waals surface area contributed by atoms with Crippen LogP contribution in [-0.4, -0.2) is 33.8 Å². The third kappa shape index (κ3) is 5.16. The first-order valence-corrected chi connectivity index (χ1v) is 8.52. The summed E-state index contributed by atoms with van der Waals surface area (Å²) < 4.78 is 15.0. The smallest absolute Gasteiger partial charge is 0.191 e. The lowest BCUT2D eigenvalue weighted by atomic mass is 9.84. The van der Waals surface area contributed by atoms with Crippen LogP contribution in [0.2, 0.25) is 5.02 Å². The number of hydrogen-bond acceptors (Lipinski definition) is 3. The second-order valence-electron chi connectivity index (χ2n) is 6.36. The van der Waals surface area contributed by atoms with Gasteiger partial charge < -0.3 is 10.6 Å². The van der Waals surface area contributed by atoms with Crippen molar-refractivity contribution in [3.05, 3.63) is 46.8 Å². The van der Waals surface area contributed by atoms with Crippen LogP contribution in [0.25, 0.3) is 0 Å². The van der Waals surface area contributed by atoms with E-state index < -0.39 is 0 Å². The van der Waals surface area contributed by atoms with E-state index in [0.717, 1.165) is 17.9 Å². The molecule has 2 aromatic rings. The first kappa shape index (κ1) is 19.2. The Bertz CT molecular complexity index is 740. The van der Waals surface area contributed by atoms with Crippen molar-refractivity contribution in [1.82, 2.24) is 25.4 Å². The number of halogens is 2. The van der Waals surface area contributed by atoms with E-state index in [1.165, 1.54) is 18.5 Å². The average Bonchev–Trinajstić information content (AvgIpc) is 2.95. The molecule has 0 atom stereocenters. The van der Waals surface area contributed by atoms with Gasteiger partial charge in [0.1, 0.15) is 24.5 Å². The zero-order valence-corrected chi connectivity index (χ0v) is 15.7. The summed E-state index contributed by atoms with van der Waals surface area (Å²) in [5.74, 6) is 1.12. The molecule has 0 aliphatic rings. The predicted molar refractivity (Wildman–Crippen MR) is 98.3 cm³/mol. The summed E-state index contributed by atoms with van der Waals surface area (Å²) in [6, 6.07) is 4.49. The Morgan fingerprint density at radius 1 is 1.36 bits per heavy atom. The van der Waals surface area contributed by atoms with Gasteiger partial charge in [0.2, 0.25) is 0 Å². The fourth-order valence-electron chi connectivity index (χ4n) is 2.39. The van der Waals surface area contributed by atoms with Crippen molar-refractivity contribution in [2.24, 2.45) is 12.0 Å². The van der Waals surface area contributed by atoms with Gasteiger partial charge in [0.05, 0.1) is 0 Å². The van der Waals surface area contributed by atoms with Gasteiger partial charge >= 0.3 is 0 Å². The van der Waals surface area contributed by atoms with E-state index in [0.29, 0.717) is 24.1 Å². The van der Waals surface area contributed by atoms with Crippen LogP contribution in [0, 0.1) is 5.82 Å². The second-order valence-corrected chi connectivity index (χ2v) is 6.76. The van der Waals surface area contributed by atoms with Crippen LogP contribution in [0.4, 0.5) is 4.39 Å². The normalized spacial score (nSPS) is 12.3.